The van der Waals surface area contributed by atoms with E-state index in [1.807, 2.05) is 22.6 Å². The van der Waals surface area contributed by atoms with Gasteiger partial charge in [-0.2, -0.15) is 0 Å². The minimum atomic E-state index is -3.13. The second-order valence-electron chi connectivity index (χ2n) is 3.60. The van der Waals surface area contributed by atoms with Crippen molar-refractivity contribution in [1.29, 1.82) is 0 Å². The molecule has 0 heterocycles. The monoisotopic (exact) mass is 330 g/mol. The molecule has 0 aromatic heterocycles. The quantitative estimate of drug-likeness (QED) is 0.492. The summed E-state index contributed by atoms with van der Waals surface area (Å²) in [6.07, 6.45) is -1.57. The summed E-state index contributed by atoms with van der Waals surface area (Å²) in [4.78, 5) is 0. The van der Waals surface area contributed by atoms with Crippen LogP contribution in [0.3, 0.4) is 0 Å². The summed E-state index contributed by atoms with van der Waals surface area (Å²) in [5.41, 5.74) is -1.05. The van der Waals surface area contributed by atoms with E-state index in [-0.39, 0.29) is 0 Å². The Hall–Kier alpha value is -0.330. The minimum absolute atomic E-state index is 0.523. The van der Waals surface area contributed by atoms with Crippen molar-refractivity contribution in [2.45, 2.75) is 24.7 Å². The lowest BCUT2D eigenvalue weighted by Gasteiger charge is -2.31. The first-order valence-corrected chi connectivity index (χ1v) is 5.47. The second kappa shape index (κ2) is 3.33. The average molecular weight is 330 g/mol. The first kappa shape index (κ1) is 11.2. The summed E-state index contributed by atoms with van der Waals surface area (Å²) in [7, 11) is 0. The lowest BCUT2D eigenvalue weighted by molar-refractivity contribution is -0.0958. The normalized spacial score (nSPS) is 22.2. The summed E-state index contributed by atoms with van der Waals surface area (Å²) in [6, 6.07) is 3.67. The molecule has 2 rings (SSSR count). The molecule has 0 saturated carbocycles. The van der Waals surface area contributed by atoms with Crippen LogP contribution in [0.15, 0.2) is 18.2 Å². The number of fused-ring (bicyclic) bond motifs is 1. The Labute approximate surface area is 97.8 Å². The fraction of sp³-hybridized carbons (Fsp3) is 0.400. The van der Waals surface area contributed by atoms with Crippen molar-refractivity contribution in [3.8, 4) is 0 Å². The molecule has 1 aliphatic carbocycles. The van der Waals surface area contributed by atoms with Gasteiger partial charge in [0, 0.05) is 27.5 Å². The van der Waals surface area contributed by atoms with Crippen LogP contribution in [-0.4, -0.2) is 0 Å². The van der Waals surface area contributed by atoms with Gasteiger partial charge in [0.1, 0.15) is 0 Å². The van der Waals surface area contributed by atoms with Crippen LogP contribution < -0.4 is 0 Å². The molecule has 0 amide bonds. The van der Waals surface area contributed by atoms with Crippen molar-refractivity contribution in [3.63, 3.8) is 0 Å². The van der Waals surface area contributed by atoms with E-state index in [1.54, 1.807) is 0 Å². The van der Waals surface area contributed by atoms with Gasteiger partial charge in [0.2, 0.25) is 0 Å². The number of hydrogen-bond acceptors (Lipinski definition) is 0. The van der Waals surface area contributed by atoms with Gasteiger partial charge >= 0.3 is 0 Å². The highest BCUT2D eigenvalue weighted by Gasteiger charge is 2.48. The fourth-order valence-corrected chi connectivity index (χ4v) is 2.21. The fourth-order valence-electron chi connectivity index (χ4n) is 1.72. The third kappa shape index (κ3) is 1.86. The van der Waals surface area contributed by atoms with Crippen molar-refractivity contribution in [1.82, 2.24) is 0 Å². The number of alkyl halides is 4. The molecule has 0 unspecified atom stereocenters. The molecule has 5 heteroatoms. The first-order chi connectivity index (χ1) is 6.83. The van der Waals surface area contributed by atoms with Crippen molar-refractivity contribution in [2.24, 2.45) is 0 Å². The maximum Gasteiger partial charge on any atom is 0.274 e. The Morgan fingerprint density at radius 2 is 1.47 bits per heavy atom. The highest BCUT2D eigenvalue weighted by molar-refractivity contribution is 14.1. The number of rotatable bonds is 0. The molecule has 15 heavy (non-hydrogen) atoms. The van der Waals surface area contributed by atoms with Gasteiger partial charge in [-0.1, -0.05) is 6.07 Å². The largest absolute Gasteiger partial charge is 0.274 e. The van der Waals surface area contributed by atoms with Gasteiger partial charge in [0.05, 0.1) is 0 Å². The summed E-state index contributed by atoms with van der Waals surface area (Å²) in [5, 5.41) is 0. The Kier molecular flexibility index (Phi) is 2.48. The van der Waals surface area contributed by atoms with Crippen LogP contribution in [0.5, 0.6) is 0 Å². The van der Waals surface area contributed by atoms with Crippen LogP contribution in [-0.2, 0) is 11.8 Å². The van der Waals surface area contributed by atoms with Crippen LogP contribution in [0.1, 0.15) is 24.0 Å². The van der Waals surface area contributed by atoms with Gasteiger partial charge in [-0.25, -0.2) is 17.6 Å². The van der Waals surface area contributed by atoms with Gasteiger partial charge in [-0.3, -0.25) is 0 Å². The van der Waals surface area contributed by atoms with Crippen LogP contribution >= 0.6 is 22.6 Å². The molecule has 1 aromatic rings. The van der Waals surface area contributed by atoms with Crippen molar-refractivity contribution in [3.05, 3.63) is 32.9 Å². The zero-order valence-corrected chi connectivity index (χ0v) is 9.69. The molecule has 0 nitrogen and oxygen atoms in total. The summed E-state index contributed by atoms with van der Waals surface area (Å²) in [6.45, 7) is 0. The summed E-state index contributed by atoms with van der Waals surface area (Å²) in [5.74, 6) is -6.25. The van der Waals surface area contributed by atoms with Crippen molar-refractivity contribution >= 4 is 22.6 Å². The molecular weight excluding hydrogens is 323 g/mol. The van der Waals surface area contributed by atoms with Gasteiger partial charge in [-0.15, -0.1) is 0 Å². The smallest absolute Gasteiger partial charge is 0.201 e. The Morgan fingerprint density at radius 1 is 0.933 bits per heavy atom. The molecule has 0 saturated heterocycles. The standard InChI is InChI=1S/C10H7F4I/c11-9(12)3-4-10(13,14)8-5-6(15)1-2-7(8)9/h1-2,5H,3-4H2. The van der Waals surface area contributed by atoms with E-state index in [2.05, 4.69) is 0 Å². The van der Waals surface area contributed by atoms with E-state index >= 15 is 0 Å². The minimum Gasteiger partial charge on any atom is -0.201 e. The van der Waals surface area contributed by atoms with E-state index < -0.39 is 35.8 Å². The third-order valence-corrected chi connectivity index (χ3v) is 3.19. The molecule has 0 bridgehead atoms. The molecule has 0 atom stereocenters. The van der Waals surface area contributed by atoms with Crippen LogP contribution in [0.25, 0.3) is 0 Å². The average Bonchev–Trinajstić information content (AvgIpc) is 2.13. The van der Waals surface area contributed by atoms with E-state index in [9.17, 15) is 17.6 Å². The van der Waals surface area contributed by atoms with Crippen LogP contribution in [0, 0.1) is 3.57 Å². The van der Waals surface area contributed by atoms with Crippen molar-refractivity contribution in [2.75, 3.05) is 0 Å². The maximum absolute atomic E-state index is 13.4. The van der Waals surface area contributed by atoms with Gasteiger partial charge in [0.25, 0.3) is 11.8 Å². The van der Waals surface area contributed by atoms with Gasteiger partial charge in [-0.05, 0) is 34.7 Å². The molecule has 0 radical (unpaired) electrons. The van der Waals surface area contributed by atoms with Crippen molar-refractivity contribution < 1.29 is 17.6 Å². The highest BCUT2D eigenvalue weighted by Crippen LogP contribution is 2.49. The second-order valence-corrected chi connectivity index (χ2v) is 4.84. The number of hydrogen-bond donors (Lipinski definition) is 0. The van der Waals surface area contributed by atoms with Crippen LogP contribution in [0.2, 0.25) is 0 Å². The predicted molar refractivity (Wildman–Crippen MR) is 56.2 cm³/mol. The summed E-state index contributed by atoms with van der Waals surface area (Å²) < 4.78 is 54.0. The summed E-state index contributed by atoms with van der Waals surface area (Å²) >= 11 is 1.84. The van der Waals surface area contributed by atoms with Gasteiger partial charge in [0.15, 0.2) is 0 Å². The van der Waals surface area contributed by atoms with E-state index in [0.717, 1.165) is 12.1 Å². The van der Waals surface area contributed by atoms with Crippen LogP contribution in [0.4, 0.5) is 17.6 Å². The Balaban J connectivity index is 2.64. The topological polar surface area (TPSA) is 0 Å². The molecule has 0 spiro atoms. The zero-order chi connectivity index (χ0) is 11.3. The number of benzene rings is 1. The molecule has 1 aromatic carbocycles. The lowest BCUT2D eigenvalue weighted by atomic mass is 9.86. The van der Waals surface area contributed by atoms with Gasteiger partial charge < -0.3 is 0 Å². The SMILES string of the molecule is FC1(F)CCC(F)(F)c2cc(I)ccc21. The first-order valence-electron chi connectivity index (χ1n) is 4.39. The third-order valence-electron chi connectivity index (χ3n) is 2.52. The van der Waals surface area contributed by atoms with E-state index in [0.29, 0.717) is 3.57 Å². The Bertz CT molecular complexity index is 400. The molecule has 1 aliphatic rings. The Morgan fingerprint density at radius 3 is 2.07 bits per heavy atom. The molecule has 82 valence electrons. The lowest BCUT2D eigenvalue weighted by Crippen LogP contribution is -2.30. The maximum atomic E-state index is 13.4. The predicted octanol–water partition coefficient (Wildman–Crippen LogP) is 4.27. The van der Waals surface area contributed by atoms with E-state index in [4.69, 9.17) is 0 Å². The molecule has 0 N–H and O–H groups in total. The highest BCUT2D eigenvalue weighted by atomic mass is 127. The number of halogens is 5. The zero-order valence-electron chi connectivity index (χ0n) is 7.54. The molecular formula is C10H7F4I. The molecule has 0 fully saturated rings. The molecule has 0 aliphatic heterocycles. The van der Waals surface area contributed by atoms with E-state index in [1.165, 1.54) is 6.07 Å².